The average molecular weight is 1440 g/mol. The first-order valence-corrected chi connectivity index (χ1v) is 32.4. The lowest BCUT2D eigenvalue weighted by atomic mass is 10.1. The second-order valence-corrected chi connectivity index (χ2v) is 24.0. The van der Waals surface area contributed by atoms with Crippen LogP contribution in [0.1, 0.15) is 68.3 Å². The maximum Gasteiger partial charge on any atom is 0.184 e. The third-order valence-electron chi connectivity index (χ3n) is 16.0. The van der Waals surface area contributed by atoms with E-state index in [2.05, 4.69) is 107 Å². The average Bonchev–Trinajstić information content (AvgIpc) is 1.64. The molecule has 8 aromatic carbocycles. The van der Waals surface area contributed by atoms with Crippen molar-refractivity contribution in [2.45, 2.75) is 26.6 Å². The molecule has 0 bridgehead atoms. The molecule has 31 heteroatoms. The summed E-state index contributed by atoms with van der Waals surface area (Å²) in [4.78, 5) is 18.9. The highest BCUT2D eigenvalue weighted by Crippen LogP contribution is 2.32. The number of rotatable bonds is 17. The van der Waals surface area contributed by atoms with Gasteiger partial charge in [0.15, 0.2) is 34.9 Å². The highest BCUT2D eigenvalue weighted by molar-refractivity contribution is 5.96. The van der Waals surface area contributed by atoms with Gasteiger partial charge in [-0.15, -0.1) is 0 Å². The molecule has 0 saturated heterocycles. The lowest BCUT2D eigenvalue weighted by Gasteiger charge is -2.04. The van der Waals surface area contributed by atoms with Crippen molar-refractivity contribution in [3.8, 4) is 45.6 Å². The number of aromatic amines is 8. The molecule has 0 spiro atoms. The summed E-state index contributed by atoms with van der Waals surface area (Å²) in [6, 6.07) is 36.6. The molecule has 0 aliphatic carbocycles. The Labute approximate surface area is 595 Å². The molecule has 0 saturated carbocycles. The molecule has 0 aliphatic rings. The normalized spacial score (nSPS) is 11.7. The SMILES string of the molecule is CN(C)Cc1nc(-c2cc(F)c3n[nH]c(/C=C/c4ccc(F)cc4)c3c2)n[nH]1.CNCc1nc(-c2cc3c(/C=C/c4ccc(F)cc4)n[nH]c3cc2F)n[nH]1.Cc1nc(-c2cc3c(/C=C/c4ccc(F)cc4)n[nH]c3cc2F)n[nH]1.OCc1nc(-c2cc3c(/C=C/c4ccc(F)cc4)n[nH]c3cc2F)n[nH]1. The summed E-state index contributed by atoms with van der Waals surface area (Å²) in [7, 11) is 5.65. The van der Waals surface area contributed by atoms with Gasteiger partial charge in [-0.3, -0.25) is 40.8 Å². The van der Waals surface area contributed by atoms with E-state index in [4.69, 9.17) is 5.11 Å². The van der Waals surface area contributed by atoms with Crippen molar-refractivity contribution in [2.75, 3.05) is 21.1 Å². The zero-order valence-corrected chi connectivity index (χ0v) is 56.4. The van der Waals surface area contributed by atoms with Gasteiger partial charge in [-0.1, -0.05) is 72.8 Å². The smallest absolute Gasteiger partial charge is 0.184 e. The van der Waals surface area contributed by atoms with Gasteiger partial charge in [0.05, 0.1) is 69.1 Å². The molecule has 0 fully saturated rings. The van der Waals surface area contributed by atoms with Crippen LogP contribution in [0.5, 0.6) is 0 Å². The first-order valence-electron chi connectivity index (χ1n) is 32.4. The van der Waals surface area contributed by atoms with Gasteiger partial charge in [-0.05, 0) is 153 Å². The number of hydrogen-bond donors (Lipinski definition) is 10. The van der Waals surface area contributed by atoms with E-state index in [1.54, 1.807) is 123 Å². The van der Waals surface area contributed by atoms with Crippen molar-refractivity contribution in [3.63, 3.8) is 0 Å². The van der Waals surface area contributed by atoms with Gasteiger partial charge in [-0.2, -0.15) is 40.8 Å². The molecular formula is C75H60F8N22O. The lowest BCUT2D eigenvalue weighted by molar-refractivity contribution is 0.272. The molecule has 0 aliphatic heterocycles. The molecule has 532 valence electrons. The van der Waals surface area contributed by atoms with Gasteiger partial charge in [-0.25, -0.2) is 55.1 Å². The van der Waals surface area contributed by atoms with E-state index in [0.717, 1.165) is 33.0 Å². The van der Waals surface area contributed by atoms with Crippen LogP contribution in [0.4, 0.5) is 35.1 Å². The highest BCUT2D eigenvalue weighted by atomic mass is 19.2. The van der Waals surface area contributed by atoms with E-state index in [1.165, 1.54) is 72.8 Å². The summed E-state index contributed by atoms with van der Waals surface area (Å²) < 4.78 is 110. The number of hydrogen-bond acceptors (Lipinski definition) is 15. The largest absolute Gasteiger partial charge is 0.388 e. The maximum atomic E-state index is 14.5. The van der Waals surface area contributed by atoms with Gasteiger partial charge in [0.25, 0.3) is 0 Å². The van der Waals surface area contributed by atoms with Gasteiger partial charge >= 0.3 is 0 Å². The number of nitrogens with zero attached hydrogens (tertiary/aromatic N) is 13. The van der Waals surface area contributed by atoms with Crippen LogP contribution in [0, 0.1) is 53.5 Å². The number of aryl methyl sites for hydroxylation is 1. The summed E-state index contributed by atoms with van der Waals surface area (Å²) in [5.41, 5.74) is 9.10. The number of aliphatic hydroxyl groups excluding tert-OH is 1. The molecule has 16 aromatic rings. The second kappa shape index (κ2) is 31.8. The first kappa shape index (κ1) is 70.9. The molecule has 23 nitrogen and oxygen atoms in total. The summed E-state index contributed by atoms with van der Waals surface area (Å²) >= 11 is 0. The number of benzene rings is 8. The number of fused-ring (bicyclic) bond motifs is 4. The molecule has 0 atom stereocenters. The predicted octanol–water partition coefficient (Wildman–Crippen LogP) is 14.8. The Morgan fingerprint density at radius 3 is 1.17 bits per heavy atom. The fourth-order valence-electron chi connectivity index (χ4n) is 10.8. The van der Waals surface area contributed by atoms with E-state index < -0.39 is 23.3 Å². The Morgan fingerprint density at radius 1 is 0.377 bits per heavy atom. The Kier molecular flexibility index (Phi) is 21.3. The van der Waals surface area contributed by atoms with Crippen molar-refractivity contribution in [1.29, 1.82) is 0 Å². The Balaban J connectivity index is 0.000000125. The summed E-state index contributed by atoms with van der Waals surface area (Å²) in [5, 5.41) is 69.9. The fourth-order valence-corrected chi connectivity index (χ4v) is 10.8. The van der Waals surface area contributed by atoms with Crippen molar-refractivity contribution >= 4 is 92.2 Å². The molecular weight excluding hydrogens is 1380 g/mol. The zero-order chi connectivity index (χ0) is 74.0. The van der Waals surface area contributed by atoms with Crippen LogP contribution in [-0.4, -0.2) is 133 Å². The highest BCUT2D eigenvalue weighted by Gasteiger charge is 2.20. The molecule has 0 radical (unpaired) electrons. The van der Waals surface area contributed by atoms with Crippen molar-refractivity contribution < 1.29 is 40.2 Å². The quantitative estimate of drug-likeness (QED) is 0.0379. The maximum absolute atomic E-state index is 14.5. The van der Waals surface area contributed by atoms with E-state index in [9.17, 15) is 35.1 Å². The summed E-state index contributed by atoms with van der Waals surface area (Å²) in [6.07, 6.45) is 14.3. The van der Waals surface area contributed by atoms with Crippen LogP contribution < -0.4 is 5.32 Å². The van der Waals surface area contributed by atoms with Gasteiger partial charge < -0.3 is 15.3 Å². The van der Waals surface area contributed by atoms with Crippen LogP contribution in [0.2, 0.25) is 0 Å². The van der Waals surface area contributed by atoms with E-state index >= 15 is 0 Å². The van der Waals surface area contributed by atoms with Gasteiger partial charge in [0.2, 0.25) is 0 Å². The fraction of sp³-hybridized carbons (Fsp3) is 0.0933. The first-order chi connectivity index (χ1) is 51.4. The van der Waals surface area contributed by atoms with Gasteiger partial charge in [0, 0.05) is 45.3 Å². The number of nitrogens with one attached hydrogen (secondary N) is 9. The number of H-pyrrole nitrogens is 8. The van der Waals surface area contributed by atoms with Crippen LogP contribution in [-0.2, 0) is 19.7 Å². The van der Waals surface area contributed by atoms with Crippen molar-refractivity contribution in [2.24, 2.45) is 0 Å². The van der Waals surface area contributed by atoms with E-state index in [1.807, 2.05) is 31.1 Å². The molecule has 16 rings (SSSR count). The molecule has 0 amide bonds. The molecule has 8 aromatic heterocycles. The van der Waals surface area contributed by atoms with Crippen LogP contribution in [0.25, 0.3) is 138 Å². The molecule has 10 N–H and O–H groups in total. The minimum absolute atomic E-state index is 0.156. The Hall–Kier alpha value is -13.5. The standard InChI is InChI=1S/C20H18F2N6.C19H16F2N6.C18H13F2N5O.C18H13F2N5/c1-28(2)11-18-23-20(27-25-18)13-9-15-17(24-26-19(15)16(22)10-13)8-5-12-3-6-14(21)7-4-12;1-22-10-18-23-19(27-26-18)13-8-14-16(24-25-17(14)9-15(13)21)7-4-11-2-5-12(20)6-3-11;19-11-4-1-10(2-5-11)3-6-15-13-7-12(14(20)8-16(13)23-22-15)18-21-17(9-26)24-25-18;1-10-21-18(25-22-10)13-8-14-16(23-24-17(14)9-15(13)20)7-4-11-2-5-12(19)6-3-11/h3-10H,11H2,1-2H3,(H,24,26)(H,23,25,27);2-9,22H,10H2,1H3,(H,24,25)(H,23,26,27);1-8,26H,9H2,(H,22,23)(H,21,24,25);2-9H,1H3,(H,23,24)(H,21,22,25)/b8-5+;7-4+;6-3+;7-4+. The third-order valence-corrected chi connectivity index (χ3v) is 16.0. The minimum atomic E-state index is -0.501. The molecule has 0 unspecified atom stereocenters. The van der Waals surface area contributed by atoms with Crippen molar-refractivity contribution in [3.05, 3.63) is 260 Å². The number of aromatic nitrogens is 20. The topological polar surface area (TPSA) is 316 Å². The third kappa shape index (κ3) is 16.8. The number of halogens is 8. The van der Waals surface area contributed by atoms with Crippen LogP contribution in [0.15, 0.2) is 146 Å². The molecule has 8 heterocycles. The lowest BCUT2D eigenvalue weighted by Crippen LogP contribution is -2.11. The summed E-state index contributed by atoms with van der Waals surface area (Å²) in [5.74, 6) is 0.350. The monoisotopic (exact) mass is 1440 g/mol. The summed E-state index contributed by atoms with van der Waals surface area (Å²) in [6.45, 7) is 2.55. The van der Waals surface area contributed by atoms with Crippen molar-refractivity contribution in [1.82, 2.24) is 112 Å². The van der Waals surface area contributed by atoms with Gasteiger partial charge in [0.1, 0.15) is 70.3 Å². The van der Waals surface area contributed by atoms with E-state index in [0.29, 0.717) is 109 Å². The van der Waals surface area contributed by atoms with Crippen LogP contribution in [0.3, 0.4) is 0 Å². The predicted molar refractivity (Wildman–Crippen MR) is 388 cm³/mol. The van der Waals surface area contributed by atoms with Crippen LogP contribution >= 0.6 is 0 Å². The molecule has 106 heavy (non-hydrogen) atoms. The number of aliphatic hydroxyl groups is 1. The second-order valence-electron chi connectivity index (χ2n) is 24.0. The Morgan fingerprint density at radius 2 is 0.764 bits per heavy atom. The Bertz CT molecular complexity index is 5860. The minimum Gasteiger partial charge on any atom is -0.388 e. The zero-order valence-electron chi connectivity index (χ0n) is 56.4. The van der Waals surface area contributed by atoms with E-state index in [-0.39, 0.29) is 58.4 Å².